The molecule has 1 heterocycles. The molecular weight excluding hydrogens is 603 g/mol. The van der Waals surface area contributed by atoms with Crippen LogP contribution in [0.2, 0.25) is 5.02 Å². The number of carbonyl (C=O) groups is 2. The number of fused-ring (bicyclic) bond motifs is 1. The summed E-state index contributed by atoms with van der Waals surface area (Å²) in [4.78, 5) is 29.1. The number of hydrogen-bond donors (Lipinski definition) is 2. The minimum Gasteiger partial charge on any atom is -0.504 e. The first-order chi connectivity index (χ1) is 21.7. The second-order valence-electron chi connectivity index (χ2n) is 10.3. The number of nitrogens with zero attached hydrogens (tertiary/aromatic N) is 1. The molecule has 0 aliphatic carbocycles. The second kappa shape index (κ2) is 13.9. The van der Waals surface area contributed by atoms with E-state index in [0.29, 0.717) is 44.5 Å². The average Bonchev–Trinajstić information content (AvgIpc) is 3.14. The van der Waals surface area contributed by atoms with E-state index in [1.165, 1.54) is 31.3 Å². The zero-order valence-corrected chi connectivity index (χ0v) is 25.6. The lowest BCUT2D eigenvalue weighted by Gasteiger charge is -2.26. The number of para-hydroxylation sites is 1. The molecule has 0 aromatic heterocycles. The number of amides is 2. The van der Waals surface area contributed by atoms with Gasteiger partial charge in [0.15, 0.2) is 11.5 Å². The molecule has 0 bridgehead atoms. The molecule has 4 aromatic carbocycles. The number of carbonyl (C=O) groups excluding carboxylic acids is 2. The van der Waals surface area contributed by atoms with Crippen LogP contribution in [0.5, 0.6) is 23.0 Å². The first kappa shape index (κ1) is 31.6. The highest BCUT2D eigenvalue weighted by molar-refractivity contribution is 6.30. The third-order valence-corrected chi connectivity index (χ3v) is 7.78. The van der Waals surface area contributed by atoms with E-state index in [-0.39, 0.29) is 31.0 Å². The lowest BCUT2D eigenvalue weighted by Crippen LogP contribution is -2.41. The van der Waals surface area contributed by atoms with Crippen molar-refractivity contribution < 1.29 is 38.0 Å². The fourth-order valence-corrected chi connectivity index (χ4v) is 5.49. The van der Waals surface area contributed by atoms with Crippen LogP contribution < -0.4 is 24.4 Å². The van der Waals surface area contributed by atoms with Gasteiger partial charge in [-0.3, -0.25) is 9.59 Å². The van der Waals surface area contributed by atoms with Crippen LogP contribution in [0.4, 0.5) is 10.1 Å². The van der Waals surface area contributed by atoms with Crippen molar-refractivity contribution in [3.63, 3.8) is 0 Å². The standard InChI is InChI=1S/C34H32ClFN2O7/c1-42-23-13-11-21(29(16-23)43-2)19-38-27-14-12-22(35)15-25(27)32(24-8-6-10-28(39)33(24)44-3)45-30(34(38)41)17-31(40)37-18-20-7-4-5-9-26(20)36/h4-16,30,32,39H,17-19H2,1-3H3,(H,37,40)/t30-,32-/m1/s1. The van der Waals surface area contributed by atoms with Crippen LogP contribution in [-0.2, 0) is 27.4 Å². The molecule has 0 saturated heterocycles. The second-order valence-corrected chi connectivity index (χ2v) is 10.7. The van der Waals surface area contributed by atoms with Crippen molar-refractivity contribution in [2.24, 2.45) is 0 Å². The predicted octanol–water partition coefficient (Wildman–Crippen LogP) is 5.94. The van der Waals surface area contributed by atoms with Crippen LogP contribution in [0.15, 0.2) is 78.9 Å². The molecule has 9 nitrogen and oxygen atoms in total. The highest BCUT2D eigenvalue weighted by atomic mass is 35.5. The summed E-state index contributed by atoms with van der Waals surface area (Å²) in [6.45, 7) is -0.0138. The number of phenols is 1. The Balaban J connectivity index is 1.58. The number of benzene rings is 4. The number of aromatic hydroxyl groups is 1. The number of ether oxygens (including phenoxy) is 4. The number of halogens is 2. The zero-order valence-electron chi connectivity index (χ0n) is 24.9. The predicted molar refractivity (Wildman–Crippen MR) is 166 cm³/mol. The molecular formula is C34H32ClFN2O7. The minimum atomic E-state index is -1.29. The zero-order chi connectivity index (χ0) is 32.1. The summed E-state index contributed by atoms with van der Waals surface area (Å²) in [6.07, 6.45) is -2.64. The first-order valence-corrected chi connectivity index (χ1v) is 14.4. The van der Waals surface area contributed by atoms with Gasteiger partial charge in [-0.2, -0.15) is 0 Å². The summed E-state index contributed by atoms with van der Waals surface area (Å²) in [7, 11) is 4.48. The molecule has 0 fully saturated rings. The van der Waals surface area contributed by atoms with Crippen LogP contribution in [0, 0.1) is 5.82 Å². The lowest BCUT2D eigenvalue weighted by atomic mass is 9.97. The molecule has 11 heteroatoms. The Bertz CT molecular complexity index is 1720. The number of hydrogen-bond acceptors (Lipinski definition) is 7. The van der Waals surface area contributed by atoms with Gasteiger partial charge in [0, 0.05) is 39.9 Å². The molecule has 2 amide bonds. The Morgan fingerprint density at radius 3 is 2.49 bits per heavy atom. The highest BCUT2D eigenvalue weighted by Gasteiger charge is 2.39. The van der Waals surface area contributed by atoms with Crippen LogP contribution in [0.1, 0.15) is 34.8 Å². The summed E-state index contributed by atoms with van der Waals surface area (Å²) in [5.41, 5.74) is 2.39. The number of rotatable bonds is 10. The van der Waals surface area contributed by atoms with Crippen molar-refractivity contribution >= 4 is 29.1 Å². The van der Waals surface area contributed by atoms with E-state index >= 15 is 0 Å². The molecule has 0 unspecified atom stereocenters. The van der Waals surface area contributed by atoms with E-state index in [0.717, 1.165) is 0 Å². The molecule has 1 aliphatic rings. The maximum atomic E-state index is 14.4. The first-order valence-electron chi connectivity index (χ1n) is 14.1. The van der Waals surface area contributed by atoms with Crippen LogP contribution in [0.3, 0.4) is 0 Å². The summed E-state index contributed by atoms with van der Waals surface area (Å²) < 4.78 is 37.1. The number of anilines is 1. The van der Waals surface area contributed by atoms with Gasteiger partial charge in [0.25, 0.3) is 5.91 Å². The van der Waals surface area contributed by atoms with Crippen molar-refractivity contribution in [3.05, 3.63) is 112 Å². The Morgan fingerprint density at radius 2 is 1.76 bits per heavy atom. The van der Waals surface area contributed by atoms with Crippen molar-refractivity contribution in [2.75, 3.05) is 26.2 Å². The Hall–Kier alpha value is -4.80. The van der Waals surface area contributed by atoms with Gasteiger partial charge < -0.3 is 34.3 Å². The maximum absolute atomic E-state index is 14.4. The van der Waals surface area contributed by atoms with Crippen molar-refractivity contribution in [3.8, 4) is 23.0 Å². The monoisotopic (exact) mass is 634 g/mol. The van der Waals surface area contributed by atoms with Gasteiger partial charge in [0.1, 0.15) is 29.5 Å². The maximum Gasteiger partial charge on any atom is 0.257 e. The van der Waals surface area contributed by atoms with Crippen LogP contribution >= 0.6 is 11.6 Å². The van der Waals surface area contributed by atoms with E-state index in [2.05, 4.69) is 5.32 Å². The average molecular weight is 635 g/mol. The molecule has 2 atom stereocenters. The fraction of sp³-hybridized carbons (Fsp3) is 0.235. The van der Waals surface area contributed by atoms with Crippen LogP contribution in [-0.4, -0.2) is 44.4 Å². The van der Waals surface area contributed by atoms with Crippen molar-refractivity contribution in [2.45, 2.75) is 31.7 Å². The topological polar surface area (TPSA) is 107 Å². The van der Waals surface area contributed by atoms with Gasteiger partial charge in [-0.05, 0) is 42.5 Å². The molecule has 5 rings (SSSR count). The Labute approximate surface area is 265 Å². The van der Waals surface area contributed by atoms with E-state index in [1.807, 2.05) is 0 Å². The third-order valence-electron chi connectivity index (χ3n) is 7.54. The molecule has 2 N–H and O–H groups in total. The lowest BCUT2D eigenvalue weighted by molar-refractivity contribution is -0.138. The summed E-state index contributed by atoms with van der Waals surface area (Å²) in [6, 6.07) is 21.2. The largest absolute Gasteiger partial charge is 0.504 e. The van der Waals surface area contributed by atoms with E-state index in [4.69, 9.17) is 30.5 Å². The summed E-state index contributed by atoms with van der Waals surface area (Å²) in [5.74, 6) is -0.390. The van der Waals surface area contributed by atoms with Crippen molar-refractivity contribution in [1.29, 1.82) is 0 Å². The Morgan fingerprint density at radius 1 is 0.956 bits per heavy atom. The van der Waals surface area contributed by atoms with E-state index in [9.17, 15) is 19.1 Å². The van der Waals surface area contributed by atoms with E-state index < -0.39 is 29.8 Å². The number of phenolic OH excluding ortho intramolecular Hbond substituents is 1. The molecule has 0 spiro atoms. The normalized spacial score (nSPS) is 16.0. The number of nitrogens with one attached hydrogen (secondary N) is 1. The smallest absolute Gasteiger partial charge is 0.257 e. The van der Waals surface area contributed by atoms with Gasteiger partial charge in [0.05, 0.1) is 40.0 Å². The fourth-order valence-electron chi connectivity index (χ4n) is 5.31. The van der Waals surface area contributed by atoms with Crippen LogP contribution in [0.25, 0.3) is 0 Å². The van der Waals surface area contributed by atoms with Gasteiger partial charge in [-0.15, -0.1) is 0 Å². The summed E-state index contributed by atoms with van der Waals surface area (Å²) >= 11 is 6.48. The molecule has 0 radical (unpaired) electrons. The SMILES string of the molecule is COc1ccc(CN2C(=O)[C@@H](CC(=O)NCc3ccccc3F)O[C@H](c3cccc(O)c3OC)c3cc(Cl)ccc32)c(OC)c1. The third kappa shape index (κ3) is 6.82. The van der Waals surface area contributed by atoms with E-state index in [1.54, 1.807) is 73.8 Å². The van der Waals surface area contributed by atoms with Gasteiger partial charge in [-0.25, -0.2) is 4.39 Å². The molecule has 45 heavy (non-hydrogen) atoms. The van der Waals surface area contributed by atoms with Gasteiger partial charge in [0.2, 0.25) is 5.91 Å². The number of methoxy groups -OCH3 is 3. The quantitative estimate of drug-likeness (QED) is 0.222. The highest BCUT2D eigenvalue weighted by Crippen LogP contribution is 2.45. The Kier molecular flexibility index (Phi) is 9.75. The molecule has 234 valence electrons. The minimum absolute atomic E-state index is 0.0568. The van der Waals surface area contributed by atoms with Gasteiger partial charge >= 0.3 is 0 Å². The molecule has 4 aromatic rings. The van der Waals surface area contributed by atoms with Crippen molar-refractivity contribution in [1.82, 2.24) is 5.32 Å². The molecule has 1 aliphatic heterocycles. The molecule has 0 saturated carbocycles. The van der Waals surface area contributed by atoms with Gasteiger partial charge in [-0.1, -0.05) is 41.9 Å². The summed E-state index contributed by atoms with van der Waals surface area (Å²) in [5, 5.41) is 13.7.